The van der Waals surface area contributed by atoms with E-state index >= 15 is 0 Å². The van der Waals surface area contributed by atoms with Crippen LogP contribution in [0.5, 0.6) is 0 Å². The van der Waals surface area contributed by atoms with Gasteiger partial charge < -0.3 is 5.32 Å². The van der Waals surface area contributed by atoms with Crippen LogP contribution in [0.25, 0.3) is 11.4 Å². The summed E-state index contributed by atoms with van der Waals surface area (Å²) in [5.74, 6) is 0.629. The summed E-state index contributed by atoms with van der Waals surface area (Å²) in [7, 11) is 0. The lowest BCUT2D eigenvalue weighted by molar-refractivity contribution is 0.0947. The summed E-state index contributed by atoms with van der Waals surface area (Å²) < 4.78 is 1.30. The van der Waals surface area contributed by atoms with Crippen molar-refractivity contribution in [2.75, 3.05) is 5.32 Å². The van der Waals surface area contributed by atoms with Crippen LogP contribution < -0.4 is 5.32 Å². The Morgan fingerprint density at radius 2 is 1.81 bits per heavy atom. The van der Waals surface area contributed by atoms with Crippen LogP contribution in [0.2, 0.25) is 5.02 Å². The molecule has 0 atom stereocenters. The van der Waals surface area contributed by atoms with Crippen LogP contribution in [0, 0.1) is 0 Å². The van der Waals surface area contributed by atoms with Crippen LogP contribution in [-0.4, -0.2) is 20.7 Å². The van der Waals surface area contributed by atoms with Crippen molar-refractivity contribution in [3.63, 3.8) is 0 Å². The van der Waals surface area contributed by atoms with Crippen molar-refractivity contribution in [1.29, 1.82) is 0 Å². The first kappa shape index (κ1) is 17.5. The fourth-order valence-corrected chi connectivity index (χ4v) is 3.34. The Hall–Kier alpha value is -2.96. The van der Waals surface area contributed by atoms with Gasteiger partial charge in [-0.25, -0.2) is 0 Å². The Labute approximate surface area is 165 Å². The minimum Gasteiger partial charge on any atom is -0.349 e. The van der Waals surface area contributed by atoms with Crippen LogP contribution in [0.3, 0.4) is 0 Å². The quantitative estimate of drug-likeness (QED) is 0.519. The van der Waals surface area contributed by atoms with E-state index in [1.54, 1.807) is 35.6 Å². The predicted molar refractivity (Wildman–Crippen MR) is 108 cm³/mol. The Bertz CT molecular complexity index is 1040. The van der Waals surface area contributed by atoms with E-state index in [4.69, 9.17) is 11.6 Å². The molecule has 0 amide bonds. The number of rotatable bonds is 5. The van der Waals surface area contributed by atoms with Gasteiger partial charge in [0, 0.05) is 21.0 Å². The fraction of sp³-hybridized carbons (Fsp3) is 0.0500. The van der Waals surface area contributed by atoms with Gasteiger partial charge in [0.15, 0.2) is 5.82 Å². The van der Waals surface area contributed by atoms with Crippen molar-refractivity contribution < 1.29 is 4.79 Å². The highest BCUT2D eigenvalue weighted by molar-refractivity contribution is 7.09. The highest BCUT2D eigenvalue weighted by atomic mass is 35.5. The van der Waals surface area contributed by atoms with Gasteiger partial charge in [-0.05, 0) is 35.7 Å². The zero-order valence-electron chi connectivity index (χ0n) is 14.2. The summed E-state index contributed by atoms with van der Waals surface area (Å²) in [6.45, 7) is 0.568. The summed E-state index contributed by atoms with van der Waals surface area (Å²) >= 11 is 7.57. The average molecular weight is 395 g/mol. The van der Waals surface area contributed by atoms with Gasteiger partial charge in [0.05, 0.1) is 6.54 Å². The Morgan fingerprint density at radius 3 is 2.52 bits per heavy atom. The minimum absolute atomic E-state index is 0.268. The molecule has 0 unspecified atom stereocenters. The molecule has 0 saturated heterocycles. The molecule has 134 valence electrons. The zero-order chi connectivity index (χ0) is 18.6. The number of nitrogens with one attached hydrogen (secondary N) is 1. The first-order valence-corrected chi connectivity index (χ1v) is 9.55. The van der Waals surface area contributed by atoms with E-state index in [0.29, 0.717) is 28.9 Å². The van der Waals surface area contributed by atoms with Crippen molar-refractivity contribution in [1.82, 2.24) is 14.8 Å². The van der Waals surface area contributed by atoms with Crippen LogP contribution in [0.15, 0.2) is 72.1 Å². The first-order chi connectivity index (χ1) is 13.2. The average Bonchev–Trinajstić information content (AvgIpc) is 3.37. The molecule has 0 spiro atoms. The molecule has 1 N–H and O–H groups in total. The van der Waals surface area contributed by atoms with E-state index in [1.807, 2.05) is 47.8 Å². The summed E-state index contributed by atoms with van der Waals surface area (Å²) in [5, 5.41) is 10.2. The second-order valence-electron chi connectivity index (χ2n) is 5.78. The van der Waals surface area contributed by atoms with Crippen molar-refractivity contribution in [2.24, 2.45) is 0 Å². The molecule has 4 rings (SSSR count). The molecule has 0 fully saturated rings. The van der Waals surface area contributed by atoms with Crippen LogP contribution in [-0.2, 0) is 6.54 Å². The maximum Gasteiger partial charge on any atom is 0.281 e. The van der Waals surface area contributed by atoms with Gasteiger partial charge >= 0.3 is 0 Å². The molecule has 0 aliphatic carbocycles. The number of halogens is 1. The third kappa shape index (κ3) is 3.92. The van der Waals surface area contributed by atoms with Crippen molar-refractivity contribution in [3.8, 4) is 11.4 Å². The largest absolute Gasteiger partial charge is 0.349 e. The summed E-state index contributed by atoms with van der Waals surface area (Å²) in [6.07, 6.45) is 0. The Kier molecular flexibility index (Phi) is 5.00. The predicted octanol–water partition coefficient (Wildman–Crippen LogP) is 4.96. The van der Waals surface area contributed by atoms with Crippen molar-refractivity contribution >= 4 is 34.8 Å². The second kappa shape index (κ2) is 7.73. The smallest absolute Gasteiger partial charge is 0.281 e. The number of anilines is 1. The molecule has 2 heterocycles. The molecule has 0 aliphatic heterocycles. The number of carbonyl (C=O) groups excluding carboxylic acids is 1. The normalized spacial score (nSPS) is 10.7. The molecule has 0 saturated carbocycles. The maximum absolute atomic E-state index is 13.0. The molecule has 0 aliphatic rings. The van der Waals surface area contributed by atoms with E-state index < -0.39 is 0 Å². The number of benzene rings is 2. The third-order valence-corrected chi connectivity index (χ3v) is 5.05. The van der Waals surface area contributed by atoms with Gasteiger partial charge in [0.25, 0.3) is 5.91 Å². The molecular formula is C20H15ClN4OS. The molecule has 4 aromatic rings. The topological polar surface area (TPSA) is 59.8 Å². The molecule has 5 nitrogen and oxygen atoms in total. The number of hydrogen-bond donors (Lipinski definition) is 1. The second-order valence-corrected chi connectivity index (χ2v) is 7.25. The van der Waals surface area contributed by atoms with Crippen molar-refractivity contribution in [3.05, 3.63) is 87.6 Å². The molecular weight excluding hydrogens is 380 g/mol. The van der Waals surface area contributed by atoms with Crippen molar-refractivity contribution in [2.45, 2.75) is 6.54 Å². The van der Waals surface area contributed by atoms with Crippen LogP contribution in [0.4, 0.5) is 5.95 Å². The monoisotopic (exact) mass is 394 g/mol. The van der Waals surface area contributed by atoms with Crippen LogP contribution in [0.1, 0.15) is 15.2 Å². The number of thiophene rings is 1. The summed E-state index contributed by atoms with van der Waals surface area (Å²) in [6, 6.07) is 20.3. The highest BCUT2D eigenvalue weighted by Crippen LogP contribution is 2.20. The molecule has 7 heteroatoms. The standard InChI is InChI=1S/C20H15ClN4OS/c21-16-10-8-15(9-11-16)19(26)25-20(22-13-17-7-4-12-27-17)23-18(24-25)14-5-2-1-3-6-14/h1-12H,13H2,(H,22,23,24). The maximum atomic E-state index is 13.0. The van der Waals surface area contributed by atoms with Gasteiger partial charge in [-0.1, -0.05) is 48.0 Å². The van der Waals surface area contributed by atoms with E-state index in [2.05, 4.69) is 15.4 Å². The summed E-state index contributed by atoms with van der Waals surface area (Å²) in [5.41, 5.74) is 1.34. The van der Waals surface area contributed by atoms with E-state index in [0.717, 1.165) is 10.4 Å². The zero-order valence-corrected chi connectivity index (χ0v) is 15.7. The number of carbonyl (C=O) groups is 1. The van der Waals surface area contributed by atoms with Gasteiger partial charge in [-0.2, -0.15) is 9.67 Å². The Morgan fingerprint density at radius 1 is 1.04 bits per heavy atom. The molecule has 0 bridgehead atoms. The van der Waals surface area contributed by atoms with Gasteiger partial charge in [-0.3, -0.25) is 4.79 Å². The lowest BCUT2D eigenvalue weighted by Gasteiger charge is -2.06. The van der Waals surface area contributed by atoms with E-state index in [1.165, 1.54) is 4.68 Å². The van der Waals surface area contributed by atoms with E-state index in [-0.39, 0.29) is 5.91 Å². The van der Waals surface area contributed by atoms with Gasteiger partial charge in [0.1, 0.15) is 0 Å². The number of nitrogens with zero attached hydrogens (tertiary/aromatic N) is 3. The lowest BCUT2D eigenvalue weighted by atomic mass is 10.2. The molecule has 2 aromatic heterocycles. The van der Waals surface area contributed by atoms with Crippen LogP contribution >= 0.6 is 22.9 Å². The Balaban J connectivity index is 1.69. The third-order valence-electron chi connectivity index (χ3n) is 3.92. The SMILES string of the molecule is O=C(c1ccc(Cl)cc1)n1nc(-c2ccccc2)nc1NCc1cccs1. The van der Waals surface area contributed by atoms with Gasteiger partial charge in [-0.15, -0.1) is 16.4 Å². The van der Waals surface area contributed by atoms with E-state index in [9.17, 15) is 4.79 Å². The molecule has 0 radical (unpaired) electrons. The molecule has 2 aromatic carbocycles. The summed E-state index contributed by atoms with van der Waals surface area (Å²) in [4.78, 5) is 18.7. The van der Waals surface area contributed by atoms with Gasteiger partial charge in [0.2, 0.25) is 5.95 Å². The number of hydrogen-bond acceptors (Lipinski definition) is 5. The molecule has 27 heavy (non-hydrogen) atoms. The first-order valence-electron chi connectivity index (χ1n) is 8.30. The fourth-order valence-electron chi connectivity index (χ4n) is 2.57. The highest BCUT2D eigenvalue weighted by Gasteiger charge is 2.18. The number of aromatic nitrogens is 3. The lowest BCUT2D eigenvalue weighted by Crippen LogP contribution is -2.17. The minimum atomic E-state index is -0.268.